The molecule has 0 amide bonds. The maximum absolute atomic E-state index is 14.3. The molecule has 3 aliphatic rings. The summed E-state index contributed by atoms with van der Waals surface area (Å²) in [5, 5.41) is 5.57. The second-order valence-corrected chi connectivity index (χ2v) is 15.5. The fourth-order valence-electron chi connectivity index (χ4n) is 8.28. The number of hydrogen-bond acceptors (Lipinski definition) is 6. The molecule has 0 unspecified atom stereocenters. The fourth-order valence-corrected chi connectivity index (χ4v) is 8.28. The predicted octanol–water partition coefficient (Wildman–Crippen LogP) is 7.60. The van der Waals surface area contributed by atoms with E-state index < -0.39 is 11.9 Å². The number of esters is 2. The first-order valence-electron chi connectivity index (χ1n) is 19.4. The zero-order valence-corrected chi connectivity index (χ0v) is 33.4. The number of H-pyrrole nitrogens is 3. The third-order valence-corrected chi connectivity index (χ3v) is 12.2. The summed E-state index contributed by atoms with van der Waals surface area (Å²) in [7, 11) is 1.31. The number of aromatic amines is 3. The quantitative estimate of drug-likeness (QED) is 0.0863. The van der Waals surface area contributed by atoms with Gasteiger partial charge in [-0.1, -0.05) is 51.8 Å². The lowest BCUT2D eigenvalue weighted by Crippen LogP contribution is -2.25. The Morgan fingerprint density at radius 3 is 2.30 bits per heavy atom. The number of methoxy groups -OCH3 is 1. The van der Waals surface area contributed by atoms with Gasteiger partial charge in [0.15, 0.2) is 5.78 Å². The van der Waals surface area contributed by atoms with Crippen molar-refractivity contribution in [2.24, 2.45) is 23.7 Å². The van der Waals surface area contributed by atoms with Gasteiger partial charge in [0.1, 0.15) is 12.5 Å². The highest BCUT2D eigenvalue weighted by Crippen LogP contribution is 2.48. The lowest BCUT2D eigenvalue weighted by atomic mass is 9.85. The van der Waals surface area contributed by atoms with E-state index in [4.69, 9.17) is 9.47 Å². The molecule has 4 atom stereocenters. The summed E-state index contributed by atoms with van der Waals surface area (Å²) in [6, 6.07) is 0. The standard InChI is InChI=1S/C45H56N4O5/c1-11-23(3)14-13-15-24(4)18-19-54-38(50)17-16-31-28(8)35-21-34-27(7)30(12-2)37(47-34)22-33-26(6)25(5)32(46-33)20-36-29(9)39-43(49-36)40(42(31)48-35)41(44(39)51)45(52)53-10/h12,18,20-23,28,31,41,46-49H,2,11,13-17,19H2,1,3-10H3/b24-18-,32-20-,33-22-,35-21-,42-40-/t23-,28+,31+,41-/m1/s1. The number of Topliss-reactive ketones (excluding diaryl/α,β-unsaturated/α-hetero) is 1. The zero-order valence-electron chi connectivity index (χ0n) is 33.4. The van der Waals surface area contributed by atoms with Crippen molar-refractivity contribution in [3.63, 3.8) is 0 Å². The van der Waals surface area contributed by atoms with E-state index in [0.717, 1.165) is 85.8 Å². The van der Waals surface area contributed by atoms with Crippen molar-refractivity contribution in [3.8, 4) is 0 Å². The fraction of sp³-hybridized carbons (Fsp3) is 0.444. The molecular weight excluding hydrogens is 677 g/mol. The number of ketones is 1. The number of fused-ring (bicyclic) bond motifs is 7. The molecule has 2 aliphatic heterocycles. The summed E-state index contributed by atoms with van der Waals surface area (Å²) in [4.78, 5) is 51.8. The SMILES string of the molecule is C=Cc1c2[nH]c(c1C)/C=C1\N/C(=C3\c4[nH]c(c(C)c4C(=O)[C@@H]3C(=O)OC)/C=c3\[nH]/c(c(C)c3C)=C\2)[C@@H](CCC(=O)OC/C=C(/C)CCC[C@H](C)CC)[C@@H]1C. The lowest BCUT2D eigenvalue weighted by molar-refractivity contribution is -0.143. The van der Waals surface area contributed by atoms with E-state index in [1.54, 1.807) is 0 Å². The van der Waals surface area contributed by atoms with Crippen molar-refractivity contribution in [2.45, 2.75) is 93.9 Å². The van der Waals surface area contributed by atoms with E-state index in [1.807, 2.05) is 25.2 Å². The molecule has 9 nitrogen and oxygen atoms in total. The van der Waals surface area contributed by atoms with Crippen molar-refractivity contribution in [3.05, 3.63) is 96.5 Å². The number of rotatable bonds is 12. The number of carbonyl (C=O) groups excluding carboxylic acids is 3. The highest BCUT2D eigenvalue weighted by molar-refractivity contribution is 6.24. The third-order valence-electron chi connectivity index (χ3n) is 12.2. The molecule has 0 spiro atoms. The monoisotopic (exact) mass is 732 g/mol. The highest BCUT2D eigenvalue weighted by Gasteiger charge is 2.48. The Balaban J connectivity index is 1.43. The van der Waals surface area contributed by atoms with E-state index in [0.29, 0.717) is 23.3 Å². The minimum atomic E-state index is -1.14. The summed E-state index contributed by atoms with van der Waals surface area (Å²) in [5.41, 5.74) is 12.3. The van der Waals surface area contributed by atoms with Gasteiger partial charge in [0.25, 0.3) is 0 Å². The Labute approximate surface area is 318 Å². The summed E-state index contributed by atoms with van der Waals surface area (Å²) >= 11 is 0. The van der Waals surface area contributed by atoms with E-state index in [1.165, 1.54) is 25.5 Å². The minimum Gasteiger partial charge on any atom is -0.468 e. The number of nitrogens with one attached hydrogen (secondary N) is 4. The maximum Gasteiger partial charge on any atom is 0.321 e. The normalized spacial score (nSPS) is 23.1. The molecule has 0 saturated carbocycles. The van der Waals surface area contributed by atoms with Gasteiger partial charge in [-0.15, -0.1) is 0 Å². The number of ether oxygens (including phenoxy) is 2. The number of aromatic nitrogens is 3. The van der Waals surface area contributed by atoms with Crippen LogP contribution in [0.1, 0.15) is 127 Å². The molecule has 8 bridgehead atoms. The topological polar surface area (TPSA) is 129 Å². The van der Waals surface area contributed by atoms with E-state index >= 15 is 0 Å². The van der Waals surface area contributed by atoms with Crippen molar-refractivity contribution in [1.29, 1.82) is 0 Å². The van der Waals surface area contributed by atoms with Gasteiger partial charge < -0.3 is 29.7 Å². The van der Waals surface area contributed by atoms with Crippen LogP contribution < -0.4 is 16.0 Å². The second kappa shape index (κ2) is 15.7. The van der Waals surface area contributed by atoms with Gasteiger partial charge >= 0.3 is 11.9 Å². The van der Waals surface area contributed by atoms with Crippen LogP contribution in [0, 0.1) is 51.4 Å². The van der Waals surface area contributed by atoms with Gasteiger partial charge in [-0.3, -0.25) is 14.4 Å². The van der Waals surface area contributed by atoms with Crippen molar-refractivity contribution in [1.82, 2.24) is 20.3 Å². The van der Waals surface area contributed by atoms with Gasteiger partial charge in [0.2, 0.25) is 0 Å². The zero-order chi connectivity index (χ0) is 39.0. The second-order valence-electron chi connectivity index (χ2n) is 15.5. The number of hydrogen-bond donors (Lipinski definition) is 4. The third kappa shape index (κ3) is 7.13. The van der Waals surface area contributed by atoms with Gasteiger partial charge in [-0.2, -0.15) is 0 Å². The molecule has 3 aromatic rings. The first-order chi connectivity index (χ1) is 25.8. The average molecular weight is 733 g/mol. The molecule has 1 saturated heterocycles. The van der Waals surface area contributed by atoms with Gasteiger partial charge in [-0.25, -0.2) is 0 Å². The Morgan fingerprint density at radius 1 is 0.944 bits per heavy atom. The summed E-state index contributed by atoms with van der Waals surface area (Å²) in [6.07, 6.45) is 15.3. The van der Waals surface area contributed by atoms with Gasteiger partial charge in [-0.05, 0) is 106 Å². The maximum atomic E-state index is 14.3. The number of carbonyl (C=O) groups is 3. The van der Waals surface area contributed by atoms with Gasteiger partial charge in [0.05, 0.1) is 12.8 Å². The van der Waals surface area contributed by atoms with Crippen LogP contribution in [0.15, 0.2) is 29.6 Å². The van der Waals surface area contributed by atoms with Crippen LogP contribution in [0.4, 0.5) is 0 Å². The number of allylic oxidation sites excluding steroid dienone is 3. The molecule has 286 valence electrons. The Kier molecular flexibility index (Phi) is 11.3. The Morgan fingerprint density at radius 2 is 1.63 bits per heavy atom. The molecule has 5 heterocycles. The van der Waals surface area contributed by atoms with Crippen molar-refractivity contribution < 1.29 is 23.9 Å². The molecule has 6 rings (SSSR count). The largest absolute Gasteiger partial charge is 0.468 e. The molecule has 4 N–H and O–H groups in total. The summed E-state index contributed by atoms with van der Waals surface area (Å²) in [6.45, 7) is 21.3. The predicted molar refractivity (Wildman–Crippen MR) is 216 cm³/mol. The van der Waals surface area contributed by atoms with Crippen LogP contribution in [0.3, 0.4) is 0 Å². The molecule has 1 fully saturated rings. The summed E-state index contributed by atoms with van der Waals surface area (Å²) < 4.78 is 11.0. The average Bonchev–Trinajstić information content (AvgIpc) is 3.88. The van der Waals surface area contributed by atoms with Crippen LogP contribution >= 0.6 is 0 Å². The molecule has 1 aliphatic carbocycles. The van der Waals surface area contributed by atoms with Crippen LogP contribution in [-0.2, 0) is 19.1 Å². The smallest absolute Gasteiger partial charge is 0.321 e. The lowest BCUT2D eigenvalue weighted by Gasteiger charge is -2.19. The molecular formula is C45H56N4O5. The Hall–Kier alpha value is -5.05. The Bertz CT molecular complexity index is 2230. The molecule has 0 aromatic carbocycles. The van der Waals surface area contributed by atoms with E-state index in [2.05, 4.69) is 87.5 Å². The molecule has 54 heavy (non-hydrogen) atoms. The minimum absolute atomic E-state index is 0.0825. The van der Waals surface area contributed by atoms with E-state index in [-0.39, 0.29) is 36.6 Å². The first kappa shape index (κ1) is 38.7. The van der Waals surface area contributed by atoms with Crippen molar-refractivity contribution in [2.75, 3.05) is 13.7 Å². The van der Waals surface area contributed by atoms with Crippen LogP contribution in [0.2, 0.25) is 0 Å². The van der Waals surface area contributed by atoms with Crippen LogP contribution in [-0.4, -0.2) is 46.4 Å². The van der Waals surface area contributed by atoms with Crippen LogP contribution in [0.5, 0.6) is 0 Å². The highest BCUT2D eigenvalue weighted by atomic mass is 16.5. The molecule has 9 heteroatoms. The van der Waals surface area contributed by atoms with Gasteiger partial charge in [0, 0.05) is 74.1 Å². The molecule has 0 radical (unpaired) electrons. The van der Waals surface area contributed by atoms with E-state index in [9.17, 15) is 14.4 Å². The van der Waals surface area contributed by atoms with Crippen LogP contribution in [0.25, 0.3) is 29.9 Å². The summed E-state index contributed by atoms with van der Waals surface area (Å²) in [5.74, 6) is -1.90. The first-order valence-corrected chi connectivity index (χ1v) is 19.4. The van der Waals surface area contributed by atoms with Crippen molar-refractivity contribution >= 4 is 47.6 Å². The molecule has 3 aromatic heterocycles.